The molecule has 2 N–H and O–H groups in total. The zero-order valence-electron chi connectivity index (χ0n) is 21.1. The van der Waals surface area contributed by atoms with Gasteiger partial charge in [-0.05, 0) is 93.6 Å². The molecule has 1 fully saturated rings. The number of nitrogens with zero attached hydrogens (tertiary/aromatic N) is 1. The van der Waals surface area contributed by atoms with Gasteiger partial charge in [-0.25, -0.2) is 0 Å². The predicted molar refractivity (Wildman–Crippen MR) is 140 cm³/mol. The van der Waals surface area contributed by atoms with Gasteiger partial charge in [0.05, 0.1) is 0 Å². The molecule has 0 aromatic heterocycles. The lowest BCUT2D eigenvalue weighted by molar-refractivity contribution is 0.0772. The van der Waals surface area contributed by atoms with Crippen LogP contribution < -0.4 is 10.6 Å². The highest BCUT2D eigenvalue weighted by atomic mass is 16.2. The van der Waals surface area contributed by atoms with Crippen LogP contribution in [0, 0.1) is 0 Å². The van der Waals surface area contributed by atoms with Crippen LogP contribution >= 0.6 is 0 Å². The maximum absolute atomic E-state index is 12.9. The smallest absolute Gasteiger partial charge is 0.253 e. The Kier molecular flexibility index (Phi) is 9.46. The summed E-state index contributed by atoms with van der Waals surface area (Å²) in [7, 11) is 0. The van der Waals surface area contributed by atoms with Crippen LogP contribution in [-0.2, 0) is 0 Å². The van der Waals surface area contributed by atoms with Crippen LogP contribution in [0.1, 0.15) is 85.2 Å². The van der Waals surface area contributed by atoms with Crippen molar-refractivity contribution in [1.29, 1.82) is 0 Å². The monoisotopic (exact) mass is 461 g/mol. The third kappa shape index (κ3) is 6.15. The third-order valence-corrected chi connectivity index (χ3v) is 6.77. The Morgan fingerprint density at radius 3 is 2.03 bits per heavy atom. The first-order valence-electron chi connectivity index (χ1n) is 12.8. The molecular weight excluding hydrogens is 422 g/mol. The fourth-order valence-corrected chi connectivity index (χ4v) is 4.60. The number of piperidine rings is 1. The molecule has 1 heterocycles. The highest BCUT2D eigenvalue weighted by molar-refractivity contribution is 5.97. The first kappa shape index (κ1) is 25.7. The van der Waals surface area contributed by atoms with Gasteiger partial charge in [0, 0.05) is 30.3 Å². The quantitative estimate of drug-likeness (QED) is 0.535. The molecule has 2 aromatic rings. The van der Waals surface area contributed by atoms with Crippen LogP contribution in [0.5, 0.6) is 0 Å². The van der Waals surface area contributed by atoms with Crippen LogP contribution in [0.2, 0.25) is 0 Å². The van der Waals surface area contributed by atoms with Gasteiger partial charge in [0.1, 0.15) is 0 Å². The van der Waals surface area contributed by atoms with E-state index in [2.05, 4.69) is 42.7 Å². The second kappa shape index (κ2) is 12.5. The predicted octanol–water partition coefficient (Wildman–Crippen LogP) is 5.27. The Balaban J connectivity index is 1.98. The van der Waals surface area contributed by atoms with Crippen molar-refractivity contribution in [2.75, 3.05) is 26.2 Å². The zero-order chi connectivity index (χ0) is 24.5. The number of amides is 2. The largest absolute Gasteiger partial charge is 0.349 e. The molecule has 0 radical (unpaired) electrons. The number of hydrogen-bond donors (Lipinski definition) is 2. The molecular formula is C29H39N3O2. The van der Waals surface area contributed by atoms with Crippen LogP contribution in [0.4, 0.5) is 0 Å². The number of hydrogen-bond acceptors (Lipinski definition) is 3. The van der Waals surface area contributed by atoms with E-state index >= 15 is 0 Å². The molecule has 2 aromatic carbocycles. The Labute approximate surface area is 204 Å². The lowest BCUT2D eigenvalue weighted by Gasteiger charge is -2.22. The highest BCUT2D eigenvalue weighted by Crippen LogP contribution is 2.32. The molecule has 0 unspecified atom stereocenters. The minimum Gasteiger partial charge on any atom is -0.349 e. The van der Waals surface area contributed by atoms with Gasteiger partial charge in [0.2, 0.25) is 0 Å². The first-order valence-corrected chi connectivity index (χ1v) is 12.8. The van der Waals surface area contributed by atoms with E-state index in [9.17, 15) is 9.59 Å². The maximum atomic E-state index is 12.9. The summed E-state index contributed by atoms with van der Waals surface area (Å²) in [4.78, 5) is 27.5. The molecule has 0 spiro atoms. The molecule has 0 bridgehead atoms. The normalized spacial score (nSPS) is 13.6. The summed E-state index contributed by atoms with van der Waals surface area (Å²) in [6.45, 7) is 11.5. The molecule has 2 amide bonds. The van der Waals surface area contributed by atoms with Gasteiger partial charge in [0.15, 0.2) is 0 Å². The topological polar surface area (TPSA) is 61.4 Å². The van der Waals surface area contributed by atoms with Gasteiger partial charge < -0.3 is 15.5 Å². The summed E-state index contributed by atoms with van der Waals surface area (Å²) in [6.07, 6.45) is 3.78. The van der Waals surface area contributed by atoms with Crippen molar-refractivity contribution in [1.82, 2.24) is 15.5 Å². The van der Waals surface area contributed by atoms with Crippen molar-refractivity contribution in [2.24, 2.45) is 0 Å². The van der Waals surface area contributed by atoms with Crippen LogP contribution in [0.3, 0.4) is 0 Å². The van der Waals surface area contributed by atoms with E-state index in [-0.39, 0.29) is 17.9 Å². The van der Waals surface area contributed by atoms with Crippen molar-refractivity contribution in [3.8, 4) is 0 Å². The number of benzene rings is 2. The van der Waals surface area contributed by atoms with Gasteiger partial charge in [-0.3, -0.25) is 9.59 Å². The molecule has 182 valence electrons. The molecule has 5 heteroatoms. The molecule has 0 atom stereocenters. The number of nitrogens with one attached hydrogen (secondary N) is 2. The fourth-order valence-electron chi connectivity index (χ4n) is 4.60. The summed E-state index contributed by atoms with van der Waals surface area (Å²) in [5.41, 5.74) is 6.10. The number of carbonyl (C=O) groups excluding carboxylic acids is 2. The molecule has 1 saturated heterocycles. The average molecular weight is 462 g/mol. The van der Waals surface area contributed by atoms with E-state index in [0.29, 0.717) is 24.2 Å². The van der Waals surface area contributed by atoms with Gasteiger partial charge in [-0.15, -0.1) is 0 Å². The molecule has 1 aliphatic heterocycles. The van der Waals surface area contributed by atoms with E-state index in [0.717, 1.165) is 49.9 Å². The van der Waals surface area contributed by atoms with E-state index in [1.807, 2.05) is 49.1 Å². The van der Waals surface area contributed by atoms with E-state index in [1.54, 1.807) is 0 Å². The second-order valence-electron chi connectivity index (χ2n) is 8.85. The standard InChI is InChI=1S/C29H39N3O2/c1-5-26(6-2)31-28(33)25-11-9-10-24(20-25)27(22-16-18-30-19-17-22)21-12-14-23(15-13-21)29(34)32(7-3)8-4/h9-15,20,26,30H,5-8,16-19H2,1-4H3,(H,31,33). The average Bonchev–Trinajstić information content (AvgIpc) is 2.89. The Morgan fingerprint density at radius 2 is 1.44 bits per heavy atom. The number of rotatable bonds is 9. The minimum absolute atomic E-state index is 0.0228. The van der Waals surface area contributed by atoms with Crippen molar-refractivity contribution >= 4 is 17.4 Å². The fraction of sp³-hybridized carbons (Fsp3) is 0.448. The summed E-state index contributed by atoms with van der Waals surface area (Å²) in [5, 5.41) is 6.59. The Bertz CT molecular complexity index is 994. The Hall–Kier alpha value is -2.92. The zero-order valence-corrected chi connectivity index (χ0v) is 21.1. The van der Waals surface area contributed by atoms with Gasteiger partial charge in [0.25, 0.3) is 11.8 Å². The molecule has 0 saturated carbocycles. The van der Waals surface area contributed by atoms with Crippen molar-refractivity contribution in [3.63, 3.8) is 0 Å². The van der Waals surface area contributed by atoms with E-state index in [1.165, 1.54) is 11.1 Å². The molecule has 34 heavy (non-hydrogen) atoms. The third-order valence-electron chi connectivity index (χ3n) is 6.77. The van der Waals surface area contributed by atoms with Crippen molar-refractivity contribution in [3.05, 3.63) is 76.4 Å². The van der Waals surface area contributed by atoms with Crippen LogP contribution in [-0.4, -0.2) is 48.9 Å². The Morgan fingerprint density at radius 1 is 0.853 bits per heavy atom. The van der Waals surface area contributed by atoms with Crippen LogP contribution in [0.15, 0.2) is 54.1 Å². The van der Waals surface area contributed by atoms with Gasteiger partial charge in [-0.2, -0.15) is 0 Å². The summed E-state index contributed by atoms with van der Waals surface area (Å²) >= 11 is 0. The van der Waals surface area contributed by atoms with Crippen molar-refractivity contribution < 1.29 is 9.59 Å². The van der Waals surface area contributed by atoms with Crippen molar-refractivity contribution in [2.45, 2.75) is 59.4 Å². The molecule has 0 aliphatic carbocycles. The number of carbonyl (C=O) groups is 2. The molecule has 3 rings (SSSR count). The minimum atomic E-state index is -0.0228. The van der Waals surface area contributed by atoms with E-state index < -0.39 is 0 Å². The first-order chi connectivity index (χ1) is 16.5. The summed E-state index contributed by atoms with van der Waals surface area (Å²) in [6, 6.07) is 16.1. The SMILES string of the molecule is CCC(CC)NC(=O)c1cccc(C(=C2CCNCC2)c2ccc(C(=O)N(CC)CC)cc2)c1. The van der Waals surface area contributed by atoms with E-state index in [4.69, 9.17) is 0 Å². The maximum Gasteiger partial charge on any atom is 0.253 e. The van der Waals surface area contributed by atoms with Gasteiger partial charge >= 0.3 is 0 Å². The second-order valence-corrected chi connectivity index (χ2v) is 8.85. The lowest BCUT2D eigenvalue weighted by Crippen LogP contribution is -2.33. The summed E-state index contributed by atoms with van der Waals surface area (Å²) < 4.78 is 0. The molecule has 5 nitrogen and oxygen atoms in total. The summed E-state index contributed by atoms with van der Waals surface area (Å²) in [5.74, 6) is 0.0399. The highest BCUT2D eigenvalue weighted by Gasteiger charge is 2.18. The van der Waals surface area contributed by atoms with Gasteiger partial charge in [-0.1, -0.05) is 43.7 Å². The van der Waals surface area contributed by atoms with Crippen LogP contribution in [0.25, 0.3) is 5.57 Å². The lowest BCUT2D eigenvalue weighted by atomic mass is 9.87. The molecule has 1 aliphatic rings.